The molecule has 0 saturated carbocycles. The number of carbonyl (C=O) groups is 2. The van der Waals surface area contributed by atoms with Crippen LogP contribution in [0.1, 0.15) is 10.4 Å². The van der Waals surface area contributed by atoms with Crippen molar-refractivity contribution in [3.63, 3.8) is 0 Å². The van der Waals surface area contributed by atoms with Crippen molar-refractivity contribution in [1.82, 2.24) is 10.2 Å². The Morgan fingerprint density at radius 2 is 2.25 bits per heavy atom. The minimum Gasteiger partial charge on any atom is -0.496 e. The maximum absolute atomic E-state index is 12.5. The van der Waals surface area contributed by atoms with E-state index in [1.165, 1.54) is 18.1 Å². The van der Waals surface area contributed by atoms with E-state index in [2.05, 4.69) is 5.32 Å². The molecule has 0 aromatic heterocycles. The van der Waals surface area contributed by atoms with Crippen LogP contribution in [0.15, 0.2) is 18.2 Å². The van der Waals surface area contributed by atoms with Gasteiger partial charge in [-0.25, -0.2) is 4.79 Å². The molecule has 1 aliphatic rings. The number of hydrogen-bond donors (Lipinski definition) is 2. The maximum Gasteiger partial charge on any atom is 0.327 e. The third-order valence-electron chi connectivity index (χ3n) is 3.18. The number of halogens is 1. The molecule has 6 nitrogen and oxygen atoms in total. The fourth-order valence-electron chi connectivity index (χ4n) is 2.17. The molecular weight excluding hydrogens is 284 g/mol. The van der Waals surface area contributed by atoms with Crippen LogP contribution in [0.3, 0.4) is 0 Å². The number of carboxylic acid groups (broad SMARTS) is 1. The van der Waals surface area contributed by atoms with Crippen molar-refractivity contribution >= 4 is 23.5 Å². The fourth-order valence-corrected chi connectivity index (χ4v) is 2.34. The van der Waals surface area contributed by atoms with Gasteiger partial charge in [-0.1, -0.05) is 11.6 Å². The van der Waals surface area contributed by atoms with E-state index in [1.54, 1.807) is 12.1 Å². The summed E-state index contributed by atoms with van der Waals surface area (Å²) >= 11 is 5.90. The molecule has 0 aliphatic carbocycles. The van der Waals surface area contributed by atoms with Crippen LogP contribution in [0.2, 0.25) is 5.02 Å². The topological polar surface area (TPSA) is 78.9 Å². The largest absolute Gasteiger partial charge is 0.496 e. The Bertz CT molecular complexity index is 535. The molecule has 1 heterocycles. The van der Waals surface area contributed by atoms with E-state index in [0.29, 0.717) is 23.9 Å². The van der Waals surface area contributed by atoms with E-state index in [1.807, 2.05) is 0 Å². The first kappa shape index (κ1) is 14.6. The highest BCUT2D eigenvalue weighted by Crippen LogP contribution is 2.25. The Morgan fingerprint density at radius 3 is 2.90 bits per heavy atom. The Morgan fingerprint density at radius 1 is 1.50 bits per heavy atom. The van der Waals surface area contributed by atoms with E-state index >= 15 is 0 Å². The summed E-state index contributed by atoms with van der Waals surface area (Å²) in [5.41, 5.74) is 0.271. The van der Waals surface area contributed by atoms with Crippen molar-refractivity contribution in [2.75, 3.05) is 26.7 Å². The van der Waals surface area contributed by atoms with Gasteiger partial charge in [-0.2, -0.15) is 0 Å². The Hall–Kier alpha value is -1.79. The molecule has 1 unspecified atom stereocenters. The number of carbonyl (C=O) groups excluding carboxylic acids is 1. The fraction of sp³-hybridized carbons (Fsp3) is 0.385. The average Bonchev–Trinajstić information content (AvgIpc) is 2.46. The van der Waals surface area contributed by atoms with Gasteiger partial charge in [0.1, 0.15) is 11.8 Å². The molecular formula is C13H15ClN2O4. The second-order valence-corrected chi connectivity index (χ2v) is 4.84. The number of amides is 1. The molecule has 0 bridgehead atoms. The Kier molecular flexibility index (Phi) is 4.46. The summed E-state index contributed by atoms with van der Waals surface area (Å²) in [7, 11) is 1.45. The molecule has 1 aliphatic heterocycles. The number of aliphatic carboxylic acids is 1. The van der Waals surface area contributed by atoms with Gasteiger partial charge in [0.15, 0.2) is 0 Å². The number of nitrogens with one attached hydrogen (secondary N) is 1. The zero-order valence-electron chi connectivity index (χ0n) is 10.9. The van der Waals surface area contributed by atoms with Gasteiger partial charge in [-0.15, -0.1) is 0 Å². The zero-order chi connectivity index (χ0) is 14.7. The number of piperazine rings is 1. The lowest BCUT2D eigenvalue weighted by molar-refractivity contribution is -0.142. The standard InChI is InChI=1S/C13H15ClN2O4/c1-20-11-3-2-8(14)6-9(11)12(17)16-5-4-15-7-10(16)13(18)19/h2-3,6,10,15H,4-5,7H2,1H3,(H,18,19). The van der Waals surface area contributed by atoms with Crippen LogP contribution in [0, 0.1) is 0 Å². The first-order chi connectivity index (χ1) is 9.54. The third kappa shape index (κ3) is 2.86. The van der Waals surface area contributed by atoms with Gasteiger partial charge in [-0.05, 0) is 18.2 Å². The monoisotopic (exact) mass is 298 g/mol. The number of rotatable bonds is 3. The predicted octanol–water partition coefficient (Wildman–Crippen LogP) is 0.847. The molecule has 1 aromatic carbocycles. The van der Waals surface area contributed by atoms with Crippen LogP contribution in [-0.2, 0) is 4.79 Å². The molecule has 7 heteroatoms. The lowest BCUT2D eigenvalue weighted by atomic mass is 10.1. The molecule has 2 N–H and O–H groups in total. The van der Waals surface area contributed by atoms with Crippen molar-refractivity contribution in [1.29, 1.82) is 0 Å². The van der Waals surface area contributed by atoms with Crippen molar-refractivity contribution in [3.8, 4) is 5.75 Å². The highest BCUT2D eigenvalue weighted by molar-refractivity contribution is 6.31. The van der Waals surface area contributed by atoms with Crippen LogP contribution >= 0.6 is 11.6 Å². The van der Waals surface area contributed by atoms with Crippen molar-refractivity contribution in [2.24, 2.45) is 0 Å². The van der Waals surface area contributed by atoms with Gasteiger partial charge < -0.3 is 20.1 Å². The number of nitrogens with zero attached hydrogens (tertiary/aromatic N) is 1. The molecule has 108 valence electrons. The number of hydrogen-bond acceptors (Lipinski definition) is 4. The van der Waals surface area contributed by atoms with Gasteiger partial charge in [-0.3, -0.25) is 4.79 Å². The molecule has 1 atom stereocenters. The number of benzene rings is 1. The molecule has 2 rings (SSSR count). The smallest absolute Gasteiger partial charge is 0.327 e. The molecule has 0 radical (unpaired) electrons. The predicted molar refractivity (Wildman–Crippen MR) is 73.3 cm³/mol. The van der Waals surface area contributed by atoms with E-state index in [0.717, 1.165) is 0 Å². The van der Waals surface area contributed by atoms with Gasteiger partial charge >= 0.3 is 5.97 Å². The van der Waals surface area contributed by atoms with Gasteiger partial charge in [0.05, 0.1) is 12.7 Å². The summed E-state index contributed by atoms with van der Waals surface area (Å²) in [6.07, 6.45) is 0. The third-order valence-corrected chi connectivity index (χ3v) is 3.42. The quantitative estimate of drug-likeness (QED) is 0.865. The number of carboxylic acids is 1. The maximum atomic E-state index is 12.5. The van der Waals surface area contributed by atoms with Crippen LogP contribution in [-0.4, -0.2) is 54.7 Å². The number of ether oxygens (including phenoxy) is 1. The van der Waals surface area contributed by atoms with E-state index in [4.69, 9.17) is 16.3 Å². The van der Waals surface area contributed by atoms with Gasteiger partial charge in [0.25, 0.3) is 5.91 Å². The minimum absolute atomic E-state index is 0.226. The highest BCUT2D eigenvalue weighted by atomic mass is 35.5. The Labute approximate surface area is 121 Å². The van der Waals surface area contributed by atoms with Crippen LogP contribution < -0.4 is 10.1 Å². The highest BCUT2D eigenvalue weighted by Gasteiger charge is 2.33. The summed E-state index contributed by atoms with van der Waals surface area (Å²) in [6.45, 7) is 1.10. The second-order valence-electron chi connectivity index (χ2n) is 4.40. The molecule has 1 amide bonds. The second kappa shape index (κ2) is 6.11. The van der Waals surface area contributed by atoms with E-state index in [-0.39, 0.29) is 12.1 Å². The summed E-state index contributed by atoms with van der Waals surface area (Å²) in [5, 5.41) is 12.6. The van der Waals surface area contributed by atoms with Crippen molar-refractivity contribution in [3.05, 3.63) is 28.8 Å². The van der Waals surface area contributed by atoms with Crippen LogP contribution in [0.5, 0.6) is 5.75 Å². The average molecular weight is 299 g/mol. The summed E-state index contributed by atoms with van der Waals surface area (Å²) in [6, 6.07) is 3.81. The molecule has 1 aromatic rings. The summed E-state index contributed by atoms with van der Waals surface area (Å²) in [5.74, 6) is -1.05. The lowest BCUT2D eigenvalue weighted by Gasteiger charge is -2.33. The minimum atomic E-state index is -1.04. The van der Waals surface area contributed by atoms with E-state index in [9.17, 15) is 14.7 Å². The zero-order valence-corrected chi connectivity index (χ0v) is 11.7. The number of methoxy groups -OCH3 is 1. The lowest BCUT2D eigenvalue weighted by Crippen LogP contribution is -2.57. The van der Waals surface area contributed by atoms with E-state index < -0.39 is 17.9 Å². The summed E-state index contributed by atoms with van der Waals surface area (Å²) in [4.78, 5) is 25.1. The van der Waals surface area contributed by atoms with Gasteiger partial charge in [0, 0.05) is 24.7 Å². The first-order valence-corrected chi connectivity index (χ1v) is 6.50. The molecule has 1 fully saturated rings. The SMILES string of the molecule is COc1ccc(Cl)cc1C(=O)N1CCNCC1C(=O)O. The summed E-state index contributed by atoms with van der Waals surface area (Å²) < 4.78 is 5.14. The molecule has 20 heavy (non-hydrogen) atoms. The van der Waals surface area contributed by atoms with Gasteiger partial charge in [0.2, 0.25) is 0 Å². The molecule has 1 saturated heterocycles. The normalized spacial score (nSPS) is 18.7. The van der Waals surface area contributed by atoms with Crippen molar-refractivity contribution < 1.29 is 19.4 Å². The first-order valence-electron chi connectivity index (χ1n) is 6.12. The van der Waals surface area contributed by atoms with Crippen LogP contribution in [0.4, 0.5) is 0 Å². The van der Waals surface area contributed by atoms with Crippen molar-refractivity contribution in [2.45, 2.75) is 6.04 Å². The Balaban J connectivity index is 2.34. The molecule has 0 spiro atoms. The van der Waals surface area contributed by atoms with Crippen LogP contribution in [0.25, 0.3) is 0 Å².